The molecule has 1 amide bonds. The van der Waals surface area contributed by atoms with Gasteiger partial charge in [0.05, 0.1) is 0 Å². The Balaban J connectivity index is 1.56. The lowest BCUT2D eigenvalue weighted by molar-refractivity contribution is 0.0953. The van der Waals surface area contributed by atoms with Crippen LogP contribution in [0.1, 0.15) is 16.2 Å². The average Bonchev–Trinajstić information content (AvgIpc) is 3.07. The van der Waals surface area contributed by atoms with Crippen LogP contribution in [0.5, 0.6) is 0 Å². The molecular weight excluding hydrogens is 334 g/mol. The van der Waals surface area contributed by atoms with Crippen molar-refractivity contribution in [2.45, 2.75) is 6.92 Å². The summed E-state index contributed by atoms with van der Waals surface area (Å²) in [7, 11) is 1.61. The molecule has 0 saturated heterocycles. The first kappa shape index (κ1) is 17.3. The second-order valence-electron chi connectivity index (χ2n) is 5.63. The topological polar surface area (TPSA) is 107 Å². The van der Waals surface area contributed by atoms with E-state index in [1.807, 2.05) is 17.7 Å². The van der Waals surface area contributed by atoms with Gasteiger partial charge in [0.1, 0.15) is 29.4 Å². The number of amides is 1. The Morgan fingerprint density at radius 2 is 2.04 bits per heavy atom. The third-order valence-electron chi connectivity index (χ3n) is 3.81. The van der Waals surface area contributed by atoms with E-state index in [1.165, 1.54) is 17.0 Å². The third kappa shape index (κ3) is 3.77. The molecule has 0 atom stereocenters. The quantitative estimate of drug-likeness (QED) is 0.626. The molecule has 0 saturated carbocycles. The summed E-state index contributed by atoms with van der Waals surface area (Å²) in [5, 5.41) is 5.83. The van der Waals surface area contributed by atoms with Crippen LogP contribution in [0.2, 0.25) is 0 Å². The van der Waals surface area contributed by atoms with Crippen LogP contribution in [0.3, 0.4) is 0 Å². The first-order valence-corrected chi connectivity index (χ1v) is 8.06. The first-order valence-electron chi connectivity index (χ1n) is 8.06. The predicted molar refractivity (Wildman–Crippen MR) is 96.4 cm³/mol. The lowest BCUT2D eigenvalue weighted by Gasteiger charge is -2.09. The number of nitrogens with zero attached hydrogens (tertiary/aromatic N) is 5. The van der Waals surface area contributed by atoms with E-state index in [4.69, 9.17) is 0 Å². The number of rotatable bonds is 6. The number of aryl methyl sites for hydroxylation is 2. The number of imidazole rings is 1. The van der Waals surface area contributed by atoms with Gasteiger partial charge in [0.15, 0.2) is 0 Å². The molecule has 0 bridgehead atoms. The highest BCUT2D eigenvalue weighted by atomic mass is 16.2. The third-order valence-corrected chi connectivity index (χ3v) is 3.81. The van der Waals surface area contributed by atoms with Gasteiger partial charge in [-0.1, -0.05) is 0 Å². The maximum Gasteiger partial charge on any atom is 0.263 e. The van der Waals surface area contributed by atoms with E-state index < -0.39 is 5.91 Å². The molecule has 0 unspecified atom stereocenters. The largest absolute Gasteiger partial charge is 0.368 e. The molecule has 9 nitrogen and oxygen atoms in total. The number of nitrogens with one attached hydrogen (secondary N) is 2. The number of aromatic nitrogens is 5. The Morgan fingerprint density at radius 3 is 2.81 bits per heavy atom. The van der Waals surface area contributed by atoms with Gasteiger partial charge in [-0.25, -0.2) is 15.0 Å². The van der Waals surface area contributed by atoms with Gasteiger partial charge in [-0.05, 0) is 19.1 Å². The lowest BCUT2D eigenvalue weighted by atomic mass is 10.2. The molecule has 0 spiro atoms. The number of carbonyl (C=O) groups is 1. The van der Waals surface area contributed by atoms with Crippen LogP contribution in [-0.2, 0) is 7.05 Å². The van der Waals surface area contributed by atoms with Crippen molar-refractivity contribution in [1.82, 2.24) is 29.4 Å². The molecule has 3 aromatic rings. The Labute approximate surface area is 149 Å². The number of carbonyl (C=O) groups excluding carboxylic acids is 1. The van der Waals surface area contributed by atoms with Crippen LogP contribution in [0.15, 0.2) is 47.9 Å². The number of anilines is 1. The van der Waals surface area contributed by atoms with E-state index in [2.05, 4.69) is 25.6 Å². The minimum atomic E-state index is -0.398. The van der Waals surface area contributed by atoms with Crippen molar-refractivity contribution < 1.29 is 4.79 Å². The van der Waals surface area contributed by atoms with Crippen LogP contribution in [0.4, 0.5) is 5.82 Å². The van der Waals surface area contributed by atoms with E-state index in [0.29, 0.717) is 24.7 Å². The zero-order valence-corrected chi connectivity index (χ0v) is 14.5. The highest BCUT2D eigenvalue weighted by molar-refractivity contribution is 5.93. The predicted octanol–water partition coefficient (Wildman–Crippen LogP) is 0.511. The van der Waals surface area contributed by atoms with Crippen LogP contribution in [-0.4, -0.2) is 43.1 Å². The van der Waals surface area contributed by atoms with Gasteiger partial charge in [0.25, 0.3) is 11.5 Å². The van der Waals surface area contributed by atoms with Crippen molar-refractivity contribution in [3.8, 4) is 5.82 Å². The van der Waals surface area contributed by atoms with E-state index in [0.717, 1.165) is 5.82 Å². The Morgan fingerprint density at radius 1 is 1.19 bits per heavy atom. The molecule has 3 aromatic heterocycles. The molecule has 9 heteroatoms. The lowest BCUT2D eigenvalue weighted by Crippen LogP contribution is -2.34. The minimum absolute atomic E-state index is 0.120. The molecule has 26 heavy (non-hydrogen) atoms. The monoisotopic (exact) mass is 353 g/mol. The summed E-state index contributed by atoms with van der Waals surface area (Å²) in [6.07, 6.45) is 6.59. The second-order valence-corrected chi connectivity index (χ2v) is 5.63. The second kappa shape index (κ2) is 7.60. The molecule has 3 rings (SSSR count). The van der Waals surface area contributed by atoms with Crippen LogP contribution in [0, 0.1) is 6.92 Å². The highest BCUT2D eigenvalue weighted by Crippen LogP contribution is 2.10. The Hall–Kier alpha value is -3.49. The molecule has 134 valence electrons. The molecular formula is C17H19N7O2. The molecule has 0 fully saturated rings. The number of hydrogen-bond donors (Lipinski definition) is 2. The normalized spacial score (nSPS) is 10.5. The van der Waals surface area contributed by atoms with Gasteiger partial charge in [-0.2, -0.15) is 0 Å². The van der Waals surface area contributed by atoms with Crippen LogP contribution < -0.4 is 16.2 Å². The van der Waals surface area contributed by atoms with E-state index in [9.17, 15) is 9.59 Å². The van der Waals surface area contributed by atoms with Crippen LogP contribution >= 0.6 is 0 Å². The van der Waals surface area contributed by atoms with E-state index in [1.54, 1.807) is 31.6 Å². The molecule has 3 heterocycles. The minimum Gasteiger partial charge on any atom is -0.368 e. The highest BCUT2D eigenvalue weighted by Gasteiger charge is 2.10. The van der Waals surface area contributed by atoms with Crippen molar-refractivity contribution in [2.75, 3.05) is 18.4 Å². The molecule has 0 radical (unpaired) electrons. The fraction of sp³-hybridized carbons (Fsp3) is 0.235. The fourth-order valence-electron chi connectivity index (χ4n) is 2.43. The number of hydrogen-bond acceptors (Lipinski definition) is 6. The summed E-state index contributed by atoms with van der Waals surface area (Å²) >= 11 is 0. The Bertz CT molecular complexity index is 977. The molecule has 0 aliphatic rings. The standard InChI is InChI=1S/C17H19N7O2/c1-12-18-7-9-24(12)15-10-14(21-11-22-15)19-5-6-20-16(25)13-4-3-8-23(2)17(13)26/h3-4,7-11H,5-6H2,1-2H3,(H,20,25)(H,19,21,22). The van der Waals surface area contributed by atoms with Crippen molar-refractivity contribution in [3.05, 3.63) is 64.9 Å². The van der Waals surface area contributed by atoms with Crippen molar-refractivity contribution in [1.29, 1.82) is 0 Å². The van der Waals surface area contributed by atoms with Gasteiger partial charge in [-0.3, -0.25) is 14.2 Å². The van der Waals surface area contributed by atoms with Gasteiger partial charge >= 0.3 is 0 Å². The summed E-state index contributed by atoms with van der Waals surface area (Å²) in [5.41, 5.74) is -0.205. The summed E-state index contributed by atoms with van der Waals surface area (Å²) in [4.78, 5) is 36.5. The zero-order chi connectivity index (χ0) is 18.5. The average molecular weight is 353 g/mol. The van der Waals surface area contributed by atoms with Crippen molar-refractivity contribution in [2.24, 2.45) is 7.05 Å². The van der Waals surface area contributed by atoms with Gasteiger partial charge in [0.2, 0.25) is 0 Å². The zero-order valence-electron chi connectivity index (χ0n) is 14.5. The Kier molecular flexibility index (Phi) is 5.07. The fourth-order valence-corrected chi connectivity index (χ4v) is 2.43. The maximum absolute atomic E-state index is 12.1. The summed E-state index contributed by atoms with van der Waals surface area (Å²) in [6.45, 7) is 2.69. The molecule has 0 aromatic carbocycles. The maximum atomic E-state index is 12.1. The summed E-state index contributed by atoms with van der Waals surface area (Å²) in [6, 6.07) is 4.97. The van der Waals surface area contributed by atoms with Crippen LogP contribution in [0.25, 0.3) is 5.82 Å². The smallest absolute Gasteiger partial charge is 0.263 e. The SMILES string of the molecule is Cc1nccn1-c1cc(NCCNC(=O)c2cccn(C)c2=O)ncn1. The first-order chi connectivity index (χ1) is 12.6. The van der Waals surface area contributed by atoms with Crippen molar-refractivity contribution in [3.63, 3.8) is 0 Å². The molecule has 0 aliphatic heterocycles. The molecule has 0 aliphatic carbocycles. The number of pyridine rings is 1. The summed E-state index contributed by atoms with van der Waals surface area (Å²) in [5.74, 6) is 1.76. The van der Waals surface area contributed by atoms with Gasteiger partial charge in [-0.15, -0.1) is 0 Å². The molecule has 2 N–H and O–H groups in total. The van der Waals surface area contributed by atoms with E-state index in [-0.39, 0.29) is 11.1 Å². The van der Waals surface area contributed by atoms with Gasteiger partial charge < -0.3 is 15.2 Å². The summed E-state index contributed by atoms with van der Waals surface area (Å²) < 4.78 is 3.22. The van der Waals surface area contributed by atoms with Crippen molar-refractivity contribution >= 4 is 11.7 Å². The van der Waals surface area contributed by atoms with E-state index >= 15 is 0 Å². The van der Waals surface area contributed by atoms with Gasteiger partial charge in [0, 0.05) is 44.8 Å².